The average molecular weight is 191 g/mol. The van der Waals surface area contributed by atoms with Crippen molar-refractivity contribution in [3.05, 3.63) is 29.3 Å². The highest BCUT2D eigenvalue weighted by Gasteiger charge is 2.19. The molecule has 1 fully saturated rings. The third-order valence-electron chi connectivity index (χ3n) is 2.73. The van der Waals surface area contributed by atoms with Crippen molar-refractivity contribution in [3.63, 3.8) is 0 Å². The summed E-state index contributed by atoms with van der Waals surface area (Å²) in [7, 11) is 0. The van der Waals surface area contributed by atoms with Gasteiger partial charge in [-0.3, -0.25) is 0 Å². The van der Waals surface area contributed by atoms with Gasteiger partial charge >= 0.3 is 0 Å². The van der Waals surface area contributed by atoms with Crippen LogP contribution in [0.2, 0.25) is 0 Å². The first-order chi connectivity index (χ1) is 6.81. The minimum Gasteiger partial charge on any atom is -0.377 e. The molecule has 0 amide bonds. The molecular weight excluding hydrogens is 174 g/mol. The van der Waals surface area contributed by atoms with E-state index in [0.717, 1.165) is 19.6 Å². The number of nitrogens with one attached hydrogen (secondary N) is 1. The second kappa shape index (κ2) is 4.01. The van der Waals surface area contributed by atoms with Crippen molar-refractivity contribution in [1.29, 1.82) is 0 Å². The number of aryl methyl sites for hydroxylation is 2. The van der Waals surface area contributed by atoms with E-state index in [0.29, 0.717) is 6.04 Å². The van der Waals surface area contributed by atoms with Crippen molar-refractivity contribution in [2.45, 2.75) is 26.3 Å². The molecule has 1 heterocycles. The smallest absolute Gasteiger partial charge is 0.0728 e. The fourth-order valence-corrected chi connectivity index (χ4v) is 1.75. The molecule has 1 N–H and O–H groups in total. The van der Waals surface area contributed by atoms with Gasteiger partial charge in [0.15, 0.2) is 0 Å². The maximum Gasteiger partial charge on any atom is 0.0728 e. The Labute approximate surface area is 85.3 Å². The molecule has 0 radical (unpaired) electrons. The lowest BCUT2D eigenvalue weighted by Crippen LogP contribution is -2.40. The van der Waals surface area contributed by atoms with Gasteiger partial charge in [0, 0.05) is 5.69 Å². The summed E-state index contributed by atoms with van der Waals surface area (Å²) in [5.41, 5.74) is 4.04. The standard InChI is InChI=1S/C12H17NO/c1-3-10-6-4-5-9(2)12(10)13-11-7-14-8-11/h4-6,11,13H,3,7-8H2,1-2H3. The predicted molar refractivity (Wildman–Crippen MR) is 58.8 cm³/mol. The number of ether oxygens (including phenoxy) is 1. The molecule has 0 atom stereocenters. The van der Waals surface area contributed by atoms with Crippen molar-refractivity contribution in [2.75, 3.05) is 18.5 Å². The molecule has 76 valence electrons. The van der Waals surface area contributed by atoms with Crippen LogP contribution in [0, 0.1) is 6.92 Å². The van der Waals surface area contributed by atoms with Gasteiger partial charge < -0.3 is 10.1 Å². The van der Waals surface area contributed by atoms with Crippen LogP contribution in [0.4, 0.5) is 5.69 Å². The van der Waals surface area contributed by atoms with E-state index >= 15 is 0 Å². The number of hydrogen-bond donors (Lipinski definition) is 1. The average Bonchev–Trinajstić information content (AvgIpc) is 2.12. The molecule has 0 bridgehead atoms. The molecule has 2 heteroatoms. The summed E-state index contributed by atoms with van der Waals surface area (Å²) in [6.45, 7) is 6.03. The molecule has 14 heavy (non-hydrogen) atoms. The lowest BCUT2D eigenvalue weighted by Gasteiger charge is -2.29. The van der Waals surface area contributed by atoms with Crippen LogP contribution >= 0.6 is 0 Å². The third-order valence-corrected chi connectivity index (χ3v) is 2.73. The van der Waals surface area contributed by atoms with E-state index in [1.54, 1.807) is 0 Å². The first-order valence-corrected chi connectivity index (χ1v) is 5.24. The van der Waals surface area contributed by atoms with Crippen LogP contribution in [0.15, 0.2) is 18.2 Å². The van der Waals surface area contributed by atoms with Gasteiger partial charge in [0.1, 0.15) is 0 Å². The van der Waals surface area contributed by atoms with Crippen molar-refractivity contribution in [1.82, 2.24) is 0 Å². The first kappa shape index (κ1) is 9.53. The molecule has 1 aromatic rings. The largest absolute Gasteiger partial charge is 0.377 e. The minimum absolute atomic E-state index is 0.515. The Morgan fingerprint density at radius 3 is 2.79 bits per heavy atom. The van der Waals surface area contributed by atoms with E-state index in [4.69, 9.17) is 4.74 Å². The summed E-state index contributed by atoms with van der Waals surface area (Å²) in [5.74, 6) is 0. The highest BCUT2D eigenvalue weighted by molar-refractivity contribution is 5.58. The lowest BCUT2D eigenvalue weighted by atomic mass is 10.0. The summed E-state index contributed by atoms with van der Waals surface area (Å²) in [6.07, 6.45) is 1.08. The highest BCUT2D eigenvalue weighted by atomic mass is 16.5. The van der Waals surface area contributed by atoms with Gasteiger partial charge in [0.25, 0.3) is 0 Å². The zero-order chi connectivity index (χ0) is 9.97. The fraction of sp³-hybridized carbons (Fsp3) is 0.500. The van der Waals surface area contributed by atoms with Gasteiger partial charge in [-0.25, -0.2) is 0 Å². The highest BCUT2D eigenvalue weighted by Crippen LogP contribution is 2.23. The number of para-hydroxylation sites is 1. The van der Waals surface area contributed by atoms with Gasteiger partial charge in [-0.1, -0.05) is 25.1 Å². The molecule has 2 rings (SSSR count). The molecule has 1 aliphatic heterocycles. The van der Waals surface area contributed by atoms with Crippen LogP contribution in [-0.2, 0) is 11.2 Å². The van der Waals surface area contributed by atoms with Crippen molar-refractivity contribution in [2.24, 2.45) is 0 Å². The minimum atomic E-state index is 0.515. The van der Waals surface area contributed by atoms with Gasteiger partial charge in [-0.15, -0.1) is 0 Å². The Morgan fingerprint density at radius 1 is 1.43 bits per heavy atom. The van der Waals surface area contributed by atoms with E-state index in [-0.39, 0.29) is 0 Å². The Bertz CT molecular complexity index is 318. The van der Waals surface area contributed by atoms with Crippen LogP contribution in [0.3, 0.4) is 0 Å². The molecule has 2 nitrogen and oxygen atoms in total. The van der Waals surface area contributed by atoms with Crippen LogP contribution < -0.4 is 5.32 Å². The van der Waals surface area contributed by atoms with Crippen molar-refractivity contribution < 1.29 is 4.74 Å². The van der Waals surface area contributed by atoms with E-state index in [1.807, 2.05) is 0 Å². The van der Waals surface area contributed by atoms with Gasteiger partial charge in [0.2, 0.25) is 0 Å². The molecule has 0 aromatic heterocycles. The number of rotatable bonds is 3. The Hall–Kier alpha value is -1.02. The Balaban J connectivity index is 2.19. The second-order valence-corrected chi connectivity index (χ2v) is 3.84. The van der Waals surface area contributed by atoms with Gasteiger partial charge in [-0.2, -0.15) is 0 Å². The molecule has 1 aliphatic rings. The molecule has 0 spiro atoms. The van der Waals surface area contributed by atoms with Crippen LogP contribution in [0.25, 0.3) is 0 Å². The molecule has 0 unspecified atom stereocenters. The third kappa shape index (κ3) is 1.75. The zero-order valence-electron chi connectivity index (χ0n) is 8.84. The molecule has 0 aliphatic carbocycles. The molecular formula is C12H17NO. The second-order valence-electron chi connectivity index (χ2n) is 3.84. The summed E-state index contributed by atoms with van der Waals surface area (Å²) in [5, 5.41) is 3.54. The Morgan fingerprint density at radius 2 is 2.21 bits per heavy atom. The maximum absolute atomic E-state index is 5.16. The SMILES string of the molecule is CCc1cccc(C)c1NC1COC1. The monoisotopic (exact) mass is 191 g/mol. The normalized spacial score (nSPS) is 16.4. The summed E-state index contributed by atoms with van der Waals surface area (Å²) in [6, 6.07) is 6.98. The van der Waals surface area contributed by atoms with Crippen molar-refractivity contribution in [3.8, 4) is 0 Å². The van der Waals surface area contributed by atoms with E-state index < -0.39 is 0 Å². The summed E-state index contributed by atoms with van der Waals surface area (Å²) < 4.78 is 5.16. The van der Waals surface area contributed by atoms with E-state index in [1.165, 1.54) is 16.8 Å². The molecule has 1 saturated heterocycles. The summed E-state index contributed by atoms with van der Waals surface area (Å²) in [4.78, 5) is 0. The van der Waals surface area contributed by atoms with E-state index in [2.05, 4.69) is 37.4 Å². The zero-order valence-corrected chi connectivity index (χ0v) is 8.84. The van der Waals surface area contributed by atoms with Gasteiger partial charge in [-0.05, 0) is 24.5 Å². The molecule has 0 saturated carbocycles. The van der Waals surface area contributed by atoms with Crippen molar-refractivity contribution >= 4 is 5.69 Å². The number of hydrogen-bond acceptors (Lipinski definition) is 2. The number of anilines is 1. The predicted octanol–water partition coefficient (Wildman–Crippen LogP) is 2.37. The van der Waals surface area contributed by atoms with E-state index in [9.17, 15) is 0 Å². The van der Waals surface area contributed by atoms with Crippen LogP contribution in [-0.4, -0.2) is 19.3 Å². The number of benzene rings is 1. The topological polar surface area (TPSA) is 21.3 Å². The quantitative estimate of drug-likeness (QED) is 0.792. The fourth-order valence-electron chi connectivity index (χ4n) is 1.75. The van der Waals surface area contributed by atoms with Crippen LogP contribution in [0.5, 0.6) is 0 Å². The lowest BCUT2D eigenvalue weighted by molar-refractivity contribution is 0.0210. The molecule has 1 aromatic carbocycles. The Kier molecular flexibility index (Phi) is 2.73. The summed E-state index contributed by atoms with van der Waals surface area (Å²) >= 11 is 0. The van der Waals surface area contributed by atoms with Gasteiger partial charge in [0.05, 0.1) is 19.3 Å². The maximum atomic E-state index is 5.16. The van der Waals surface area contributed by atoms with Crippen LogP contribution in [0.1, 0.15) is 18.1 Å². The first-order valence-electron chi connectivity index (χ1n) is 5.24.